The molecule has 1 saturated heterocycles. The number of unbranched alkanes of at least 4 members (excludes halogenated alkanes) is 1. The van der Waals surface area contributed by atoms with E-state index in [1.165, 1.54) is 39.0 Å². The van der Waals surface area contributed by atoms with Crippen LogP contribution in [0.3, 0.4) is 0 Å². The van der Waals surface area contributed by atoms with Gasteiger partial charge >= 0.3 is 0 Å². The number of nitrogens with zero attached hydrogens (tertiary/aromatic N) is 1. The zero-order chi connectivity index (χ0) is 10.4. The van der Waals surface area contributed by atoms with E-state index in [0.717, 1.165) is 12.5 Å². The maximum atomic E-state index is 8.74. The number of aliphatic hydroxyl groups excluding tert-OH is 1. The zero-order valence-corrected chi connectivity index (χ0v) is 9.63. The summed E-state index contributed by atoms with van der Waals surface area (Å²) >= 11 is 0. The summed E-state index contributed by atoms with van der Waals surface area (Å²) in [5, 5.41) is 8.74. The lowest BCUT2D eigenvalue weighted by Crippen LogP contribution is -3.16. The molecule has 1 heterocycles. The number of piperazine rings is 1. The average molecular weight is 201 g/mol. The Morgan fingerprint density at radius 2 is 2.21 bits per heavy atom. The van der Waals surface area contributed by atoms with E-state index in [9.17, 15) is 0 Å². The summed E-state index contributed by atoms with van der Waals surface area (Å²) in [6, 6.07) is 0.787. The number of quaternary nitrogens is 1. The monoisotopic (exact) mass is 201 g/mol. The molecule has 0 spiro atoms. The smallest absolute Gasteiger partial charge is 0.100 e. The van der Waals surface area contributed by atoms with E-state index < -0.39 is 0 Å². The second-order valence-electron chi connectivity index (χ2n) is 4.41. The highest BCUT2D eigenvalue weighted by atomic mass is 16.2. The number of likely N-dealkylation sites (N-methyl/N-ethyl adjacent to an activating group) is 2. The second kappa shape index (κ2) is 6.38. The first kappa shape index (κ1) is 12.0. The van der Waals surface area contributed by atoms with Crippen LogP contribution in [0.25, 0.3) is 0 Å². The van der Waals surface area contributed by atoms with Crippen LogP contribution in [-0.2, 0) is 0 Å². The molecule has 1 aliphatic rings. The van der Waals surface area contributed by atoms with Crippen molar-refractivity contribution in [2.45, 2.75) is 32.2 Å². The minimum absolute atomic E-state index is 0.350. The van der Waals surface area contributed by atoms with Gasteiger partial charge in [-0.05, 0) is 19.4 Å². The van der Waals surface area contributed by atoms with Crippen molar-refractivity contribution in [3.63, 3.8) is 0 Å². The van der Waals surface area contributed by atoms with Crippen molar-refractivity contribution in [1.82, 2.24) is 4.90 Å². The predicted molar refractivity (Wildman–Crippen MR) is 58.6 cm³/mol. The van der Waals surface area contributed by atoms with Crippen LogP contribution in [0.15, 0.2) is 0 Å². The summed E-state index contributed by atoms with van der Waals surface area (Å²) in [6.07, 6.45) is 3.41. The maximum Gasteiger partial charge on any atom is 0.100 e. The summed E-state index contributed by atoms with van der Waals surface area (Å²) in [4.78, 5) is 4.21. The van der Waals surface area contributed by atoms with Gasteiger partial charge in [0.1, 0.15) is 6.04 Å². The van der Waals surface area contributed by atoms with Crippen LogP contribution in [0.5, 0.6) is 0 Å². The van der Waals surface area contributed by atoms with Crippen molar-refractivity contribution >= 4 is 0 Å². The number of rotatable bonds is 5. The van der Waals surface area contributed by atoms with Gasteiger partial charge in [-0.25, -0.2) is 0 Å². The molecule has 3 heteroatoms. The minimum Gasteiger partial charge on any atom is -0.396 e. The molecule has 14 heavy (non-hydrogen) atoms. The summed E-state index contributed by atoms with van der Waals surface area (Å²) < 4.78 is 0. The largest absolute Gasteiger partial charge is 0.396 e. The van der Waals surface area contributed by atoms with Crippen LogP contribution in [0.2, 0.25) is 0 Å². The average Bonchev–Trinajstić information content (AvgIpc) is 2.21. The molecule has 0 amide bonds. The van der Waals surface area contributed by atoms with Gasteiger partial charge in [0.25, 0.3) is 0 Å². The van der Waals surface area contributed by atoms with Gasteiger partial charge in [-0.1, -0.05) is 6.92 Å². The van der Waals surface area contributed by atoms with Gasteiger partial charge in [0.2, 0.25) is 0 Å². The number of hydrogen-bond acceptors (Lipinski definition) is 2. The Bertz CT molecular complexity index is 152. The summed E-state index contributed by atoms with van der Waals surface area (Å²) in [7, 11) is 2.30. The van der Waals surface area contributed by atoms with Crippen molar-refractivity contribution < 1.29 is 10.0 Å². The molecule has 0 saturated carbocycles. The third-order valence-corrected chi connectivity index (χ3v) is 3.41. The van der Waals surface area contributed by atoms with E-state index in [2.05, 4.69) is 18.9 Å². The molecule has 1 aliphatic heterocycles. The molecule has 2 N–H and O–H groups in total. The zero-order valence-electron chi connectivity index (χ0n) is 9.63. The Hall–Kier alpha value is -0.120. The first-order valence-electron chi connectivity index (χ1n) is 5.93. The lowest BCUT2D eigenvalue weighted by atomic mass is 10.1. The molecule has 3 nitrogen and oxygen atoms in total. The summed E-state index contributed by atoms with van der Waals surface area (Å²) in [5.41, 5.74) is 0. The highest BCUT2D eigenvalue weighted by Gasteiger charge is 2.25. The fourth-order valence-electron chi connectivity index (χ4n) is 2.22. The van der Waals surface area contributed by atoms with E-state index in [4.69, 9.17) is 5.11 Å². The highest BCUT2D eigenvalue weighted by Crippen LogP contribution is 2.03. The van der Waals surface area contributed by atoms with Gasteiger partial charge in [0.15, 0.2) is 0 Å². The van der Waals surface area contributed by atoms with Gasteiger partial charge in [-0.15, -0.1) is 0 Å². The van der Waals surface area contributed by atoms with Gasteiger partial charge in [-0.2, -0.15) is 0 Å². The lowest BCUT2D eigenvalue weighted by Gasteiger charge is -2.36. The molecular formula is C11H25N2O+. The molecular weight excluding hydrogens is 176 g/mol. The van der Waals surface area contributed by atoms with Gasteiger partial charge in [0.05, 0.1) is 20.1 Å². The number of nitrogens with one attached hydrogen (secondary N) is 1. The third kappa shape index (κ3) is 3.56. The molecule has 0 aromatic rings. The Kier molecular flexibility index (Phi) is 5.45. The van der Waals surface area contributed by atoms with Gasteiger partial charge in [-0.3, -0.25) is 4.90 Å². The van der Waals surface area contributed by atoms with Crippen LogP contribution in [0.4, 0.5) is 0 Å². The van der Waals surface area contributed by atoms with Gasteiger partial charge < -0.3 is 10.0 Å². The normalized spacial score (nSPS) is 29.4. The quantitative estimate of drug-likeness (QED) is 0.580. The van der Waals surface area contributed by atoms with Crippen molar-refractivity contribution in [2.24, 2.45) is 0 Å². The van der Waals surface area contributed by atoms with E-state index >= 15 is 0 Å². The lowest BCUT2D eigenvalue weighted by molar-refractivity contribution is -0.911. The van der Waals surface area contributed by atoms with Crippen molar-refractivity contribution in [3.05, 3.63) is 0 Å². The second-order valence-corrected chi connectivity index (χ2v) is 4.41. The first-order chi connectivity index (χ1) is 6.77. The Morgan fingerprint density at radius 1 is 1.43 bits per heavy atom. The van der Waals surface area contributed by atoms with E-state index in [0.29, 0.717) is 6.61 Å². The van der Waals surface area contributed by atoms with Crippen molar-refractivity contribution in [2.75, 3.05) is 39.8 Å². The Labute approximate surface area is 87.7 Å². The minimum atomic E-state index is 0.350. The molecule has 1 unspecified atom stereocenters. The number of hydrogen-bond donors (Lipinski definition) is 2. The van der Waals surface area contributed by atoms with Crippen molar-refractivity contribution in [3.8, 4) is 0 Å². The highest BCUT2D eigenvalue weighted by molar-refractivity contribution is 4.68. The van der Waals surface area contributed by atoms with Crippen LogP contribution >= 0.6 is 0 Å². The molecule has 0 aromatic carbocycles. The van der Waals surface area contributed by atoms with Crippen LogP contribution in [-0.4, -0.2) is 55.9 Å². The fourth-order valence-corrected chi connectivity index (χ4v) is 2.22. The summed E-state index contributed by atoms with van der Waals surface area (Å²) in [6.45, 7) is 7.54. The van der Waals surface area contributed by atoms with E-state index in [1.54, 1.807) is 4.90 Å². The standard InChI is InChI=1S/C11H24N2O/c1-3-13-8-7-12(2)11(10-13)6-4-5-9-14/h11,14H,3-10H2,1-2H3/p+1/t11-/m0/s1. The SMILES string of the molecule is CCN1CC[NH+](C)[C@@H](CCCCO)C1. The Balaban J connectivity index is 2.25. The Morgan fingerprint density at radius 3 is 2.86 bits per heavy atom. The first-order valence-corrected chi connectivity index (χ1v) is 5.93. The van der Waals surface area contributed by atoms with Crippen LogP contribution < -0.4 is 4.90 Å². The van der Waals surface area contributed by atoms with Crippen LogP contribution in [0, 0.1) is 0 Å². The molecule has 1 fully saturated rings. The maximum absolute atomic E-state index is 8.74. The molecule has 1 rings (SSSR count). The topological polar surface area (TPSA) is 27.9 Å². The molecule has 0 aliphatic carbocycles. The third-order valence-electron chi connectivity index (χ3n) is 3.41. The van der Waals surface area contributed by atoms with Crippen LogP contribution in [0.1, 0.15) is 26.2 Å². The molecule has 2 atom stereocenters. The van der Waals surface area contributed by atoms with Crippen molar-refractivity contribution in [1.29, 1.82) is 0 Å². The van der Waals surface area contributed by atoms with Gasteiger partial charge in [0, 0.05) is 19.6 Å². The molecule has 84 valence electrons. The fraction of sp³-hybridized carbons (Fsp3) is 1.00. The summed E-state index contributed by atoms with van der Waals surface area (Å²) in [5.74, 6) is 0. The molecule has 0 aromatic heterocycles. The van der Waals surface area contributed by atoms with E-state index in [1.807, 2.05) is 0 Å². The molecule has 0 radical (unpaired) electrons. The molecule has 0 bridgehead atoms. The number of aliphatic hydroxyl groups is 1. The predicted octanol–water partition coefficient (Wildman–Crippen LogP) is -0.632. The van der Waals surface area contributed by atoms with E-state index in [-0.39, 0.29) is 0 Å².